The average molecular weight is 623 g/mol. The van der Waals surface area contributed by atoms with Crippen molar-refractivity contribution in [3.63, 3.8) is 0 Å². The van der Waals surface area contributed by atoms with E-state index in [9.17, 15) is 18.0 Å². The molecule has 8 nitrogen and oxygen atoms in total. The van der Waals surface area contributed by atoms with Gasteiger partial charge >= 0.3 is 12.4 Å². The molecule has 1 saturated heterocycles. The fourth-order valence-corrected chi connectivity index (χ4v) is 5.95. The summed E-state index contributed by atoms with van der Waals surface area (Å²) in [6, 6.07) is 18.8. The predicted molar refractivity (Wildman–Crippen MR) is 167 cm³/mol. The lowest BCUT2D eigenvalue weighted by Crippen LogP contribution is -2.30. The van der Waals surface area contributed by atoms with E-state index in [2.05, 4.69) is 62.1 Å². The van der Waals surface area contributed by atoms with Crippen molar-refractivity contribution in [2.75, 3.05) is 17.2 Å². The van der Waals surface area contributed by atoms with Crippen LogP contribution in [0.15, 0.2) is 78.0 Å². The number of anilines is 1. The van der Waals surface area contributed by atoms with Gasteiger partial charge in [0.15, 0.2) is 11.0 Å². The molecule has 1 aromatic heterocycles. The number of amides is 2. The number of carbonyl (C=O) groups excluding carboxylic acids is 1. The first-order valence-corrected chi connectivity index (χ1v) is 15.4. The Morgan fingerprint density at radius 2 is 1.84 bits per heavy atom. The average Bonchev–Trinajstić information content (AvgIpc) is 3.67. The molecule has 0 spiro atoms. The molecule has 1 aliphatic heterocycles. The SMILES string of the molecule is CCCc1ccc(C)cc1N1CCS/C1=N\C(=O)NC(CC)c1ccc(-c2ncn(-c3ccc(OC(F)(F)F)cc3)n2)cc1. The second-order valence-electron chi connectivity index (χ2n) is 10.4. The zero-order valence-electron chi connectivity index (χ0n) is 24.6. The molecule has 1 unspecified atom stereocenters. The smallest absolute Gasteiger partial charge is 0.406 e. The van der Waals surface area contributed by atoms with Gasteiger partial charge in [-0.05, 0) is 66.8 Å². The van der Waals surface area contributed by atoms with E-state index in [-0.39, 0.29) is 17.8 Å². The summed E-state index contributed by atoms with van der Waals surface area (Å²) >= 11 is 1.59. The molecule has 3 aromatic carbocycles. The number of aliphatic imine (C=N–C) groups is 1. The Morgan fingerprint density at radius 1 is 1.09 bits per heavy atom. The van der Waals surface area contributed by atoms with Gasteiger partial charge in [-0.2, -0.15) is 4.99 Å². The van der Waals surface area contributed by atoms with E-state index in [0.717, 1.165) is 42.0 Å². The molecule has 4 aromatic rings. The standard InChI is InChI=1S/C32H33F3N6O2S/c1-4-6-23-8-7-21(3)19-28(23)40-17-18-44-31(40)38-30(42)37-27(5-2)22-9-11-24(12-10-22)29-36-20-41(39-29)25-13-15-26(16-14-25)43-32(33,34)35/h7-16,19-20,27H,4-6,17-18H2,1-3H3,(H,37,42)/b38-31-. The molecule has 0 aliphatic carbocycles. The molecular formula is C32H33F3N6O2S. The maximum Gasteiger partial charge on any atom is 0.573 e. The van der Waals surface area contributed by atoms with E-state index in [4.69, 9.17) is 0 Å². The number of urea groups is 1. The van der Waals surface area contributed by atoms with Gasteiger partial charge in [0, 0.05) is 23.5 Å². The predicted octanol–water partition coefficient (Wildman–Crippen LogP) is 7.86. The van der Waals surface area contributed by atoms with Gasteiger partial charge in [-0.25, -0.2) is 14.5 Å². The van der Waals surface area contributed by atoms with Crippen LogP contribution >= 0.6 is 11.8 Å². The molecule has 12 heteroatoms. The number of aromatic nitrogens is 3. The molecule has 0 bridgehead atoms. The van der Waals surface area contributed by atoms with Gasteiger partial charge in [-0.15, -0.1) is 18.3 Å². The lowest BCUT2D eigenvalue weighted by Gasteiger charge is -2.22. The molecule has 5 rings (SSSR count). The summed E-state index contributed by atoms with van der Waals surface area (Å²) in [6.45, 7) is 7.04. The van der Waals surface area contributed by atoms with Crippen molar-refractivity contribution >= 4 is 28.6 Å². The number of alkyl halides is 3. The van der Waals surface area contributed by atoms with Crippen LogP contribution in [0, 0.1) is 6.92 Å². The molecule has 2 heterocycles. The minimum atomic E-state index is -4.75. The normalized spacial score (nSPS) is 15.0. The summed E-state index contributed by atoms with van der Waals surface area (Å²) in [5.74, 6) is 1.01. The summed E-state index contributed by atoms with van der Waals surface area (Å²) < 4.78 is 42.7. The van der Waals surface area contributed by atoms with Gasteiger partial charge in [0.2, 0.25) is 0 Å². The van der Waals surface area contributed by atoms with Gasteiger partial charge < -0.3 is 15.0 Å². The first-order valence-electron chi connectivity index (χ1n) is 14.4. The molecule has 1 aliphatic rings. The van der Waals surface area contributed by atoms with Crippen LogP contribution < -0.4 is 15.0 Å². The first kappa shape index (κ1) is 31.1. The fraction of sp³-hybridized carbons (Fsp3) is 0.312. The molecule has 230 valence electrons. The zero-order chi connectivity index (χ0) is 31.3. The largest absolute Gasteiger partial charge is 0.573 e. The van der Waals surface area contributed by atoms with E-state index >= 15 is 0 Å². The zero-order valence-corrected chi connectivity index (χ0v) is 25.5. The molecule has 1 atom stereocenters. The summed E-state index contributed by atoms with van der Waals surface area (Å²) in [5.41, 5.74) is 5.76. The molecule has 44 heavy (non-hydrogen) atoms. The summed E-state index contributed by atoms with van der Waals surface area (Å²) in [5, 5.41) is 8.22. The number of amidine groups is 1. The third-order valence-corrected chi connectivity index (χ3v) is 8.09. The summed E-state index contributed by atoms with van der Waals surface area (Å²) in [6.07, 6.45) is -0.585. The third-order valence-electron chi connectivity index (χ3n) is 7.13. The van der Waals surface area contributed by atoms with E-state index in [0.29, 0.717) is 23.1 Å². The van der Waals surface area contributed by atoms with Crippen LogP contribution in [0.4, 0.5) is 23.7 Å². The third kappa shape index (κ3) is 7.60. The minimum absolute atomic E-state index is 0.238. The van der Waals surface area contributed by atoms with Crippen LogP contribution in [0.5, 0.6) is 5.75 Å². The van der Waals surface area contributed by atoms with Gasteiger partial charge in [-0.1, -0.05) is 68.4 Å². The van der Waals surface area contributed by atoms with Crippen LogP contribution in [-0.2, 0) is 6.42 Å². The van der Waals surface area contributed by atoms with E-state index in [1.807, 2.05) is 31.2 Å². The topological polar surface area (TPSA) is 84.6 Å². The number of thioether (sulfide) groups is 1. The van der Waals surface area contributed by atoms with Crippen molar-refractivity contribution in [3.8, 4) is 22.8 Å². The number of benzene rings is 3. The number of halogens is 3. The maximum absolute atomic E-state index is 13.1. The van der Waals surface area contributed by atoms with Crippen molar-refractivity contribution < 1.29 is 22.7 Å². The Morgan fingerprint density at radius 3 is 2.52 bits per heavy atom. The number of rotatable bonds is 9. The highest BCUT2D eigenvalue weighted by Crippen LogP contribution is 2.31. The number of hydrogen-bond acceptors (Lipinski definition) is 5. The lowest BCUT2D eigenvalue weighted by molar-refractivity contribution is -0.274. The monoisotopic (exact) mass is 622 g/mol. The highest BCUT2D eigenvalue weighted by atomic mass is 32.2. The Hall–Kier alpha value is -4.32. The molecule has 0 saturated carbocycles. The Bertz CT molecular complexity index is 1620. The number of hydrogen-bond donors (Lipinski definition) is 1. The van der Waals surface area contributed by atoms with Gasteiger partial charge in [0.05, 0.1) is 11.7 Å². The molecule has 1 N–H and O–H groups in total. The highest BCUT2D eigenvalue weighted by Gasteiger charge is 2.31. The van der Waals surface area contributed by atoms with Gasteiger partial charge in [-0.3, -0.25) is 0 Å². The summed E-state index contributed by atoms with van der Waals surface area (Å²) in [4.78, 5) is 24.0. The first-order chi connectivity index (χ1) is 21.1. The molecule has 0 radical (unpaired) electrons. The van der Waals surface area contributed by atoms with Crippen LogP contribution in [0.25, 0.3) is 17.1 Å². The van der Waals surface area contributed by atoms with Crippen molar-refractivity contribution in [2.45, 2.75) is 52.4 Å². The van der Waals surface area contributed by atoms with Gasteiger partial charge in [0.1, 0.15) is 12.1 Å². The quantitative estimate of drug-likeness (QED) is 0.205. The fourth-order valence-electron chi connectivity index (χ4n) is 5.00. The van der Waals surface area contributed by atoms with Crippen molar-refractivity contribution in [1.29, 1.82) is 0 Å². The Kier molecular flexibility index (Phi) is 9.58. The van der Waals surface area contributed by atoms with Crippen LogP contribution in [0.3, 0.4) is 0 Å². The van der Waals surface area contributed by atoms with E-state index in [1.165, 1.54) is 46.4 Å². The maximum atomic E-state index is 13.1. The van der Waals surface area contributed by atoms with Crippen LogP contribution in [0.1, 0.15) is 49.4 Å². The lowest BCUT2D eigenvalue weighted by atomic mass is 10.0. The van der Waals surface area contributed by atoms with Gasteiger partial charge in [0.25, 0.3) is 0 Å². The highest BCUT2D eigenvalue weighted by molar-refractivity contribution is 8.14. The number of nitrogens with one attached hydrogen (secondary N) is 1. The second-order valence-corrected chi connectivity index (χ2v) is 11.4. The number of ether oxygens (including phenoxy) is 1. The van der Waals surface area contributed by atoms with E-state index < -0.39 is 6.36 Å². The number of nitrogens with zero attached hydrogens (tertiary/aromatic N) is 5. The van der Waals surface area contributed by atoms with Crippen molar-refractivity contribution in [2.24, 2.45) is 4.99 Å². The van der Waals surface area contributed by atoms with E-state index in [1.54, 1.807) is 11.8 Å². The number of carbonyl (C=O) groups is 1. The number of aryl methyl sites for hydroxylation is 2. The molecule has 2 amide bonds. The second kappa shape index (κ2) is 13.5. The Labute approximate surface area is 258 Å². The Balaban J connectivity index is 1.25. The van der Waals surface area contributed by atoms with Crippen LogP contribution in [-0.4, -0.2) is 44.6 Å². The molecule has 1 fully saturated rings. The van der Waals surface area contributed by atoms with Crippen LogP contribution in [0.2, 0.25) is 0 Å². The minimum Gasteiger partial charge on any atom is -0.406 e. The van der Waals surface area contributed by atoms with Crippen molar-refractivity contribution in [3.05, 3.63) is 89.7 Å². The van der Waals surface area contributed by atoms with Crippen molar-refractivity contribution in [1.82, 2.24) is 20.1 Å². The molecular weight excluding hydrogens is 589 g/mol. The summed E-state index contributed by atoms with van der Waals surface area (Å²) in [7, 11) is 0.